The molecule has 1 atom stereocenters. The molecule has 0 aliphatic carbocycles. The summed E-state index contributed by atoms with van der Waals surface area (Å²) in [5.74, 6) is 0.176. The third kappa shape index (κ3) is 4.95. The van der Waals surface area contributed by atoms with Gasteiger partial charge < -0.3 is 5.32 Å². The summed E-state index contributed by atoms with van der Waals surface area (Å²) in [7, 11) is 0. The third-order valence-electron chi connectivity index (χ3n) is 2.19. The van der Waals surface area contributed by atoms with Crippen molar-refractivity contribution in [3.05, 3.63) is 29.8 Å². The van der Waals surface area contributed by atoms with Crippen molar-refractivity contribution >= 4 is 5.91 Å². The quantitative estimate of drug-likeness (QED) is 0.676. The van der Waals surface area contributed by atoms with E-state index in [1.165, 1.54) is 0 Å². The summed E-state index contributed by atoms with van der Waals surface area (Å²) in [4.78, 5) is 15.1. The molecule has 0 aliphatic heterocycles. The summed E-state index contributed by atoms with van der Waals surface area (Å²) < 4.78 is 50.0. The predicted octanol–water partition coefficient (Wildman–Crippen LogP) is 2.29. The Morgan fingerprint density at radius 3 is 2.74 bits per heavy atom. The summed E-state index contributed by atoms with van der Waals surface area (Å²) >= 11 is 0. The van der Waals surface area contributed by atoms with E-state index in [1.807, 2.05) is 5.92 Å². The minimum atomic E-state index is -4.47. The van der Waals surface area contributed by atoms with Crippen LogP contribution in [0.3, 0.4) is 0 Å². The van der Waals surface area contributed by atoms with Gasteiger partial charge in [-0.25, -0.2) is 4.39 Å². The molecule has 0 aliphatic rings. The molecule has 0 aromatic carbocycles. The molecule has 1 heterocycles. The van der Waals surface area contributed by atoms with Gasteiger partial charge in [0.05, 0.1) is 18.2 Å². The monoisotopic (exact) mass is 274 g/mol. The van der Waals surface area contributed by atoms with Gasteiger partial charge in [-0.2, -0.15) is 13.2 Å². The van der Waals surface area contributed by atoms with E-state index in [-0.39, 0.29) is 12.0 Å². The van der Waals surface area contributed by atoms with Crippen molar-refractivity contribution in [3.8, 4) is 12.3 Å². The van der Waals surface area contributed by atoms with E-state index in [2.05, 4.69) is 10.3 Å². The number of aromatic nitrogens is 1. The van der Waals surface area contributed by atoms with Crippen molar-refractivity contribution in [3.63, 3.8) is 0 Å². The number of halogens is 4. The number of hydrogen-bond acceptors (Lipinski definition) is 2. The Bertz CT molecular complexity index is 493. The van der Waals surface area contributed by atoms with Crippen LogP contribution in [-0.2, 0) is 0 Å². The number of alkyl halides is 3. The normalized spacial score (nSPS) is 12.6. The maximum Gasteiger partial charge on any atom is 0.391 e. The van der Waals surface area contributed by atoms with E-state index < -0.39 is 30.4 Å². The van der Waals surface area contributed by atoms with Crippen molar-refractivity contribution in [1.82, 2.24) is 10.3 Å². The van der Waals surface area contributed by atoms with Crippen molar-refractivity contribution in [2.75, 3.05) is 0 Å². The molecule has 7 heteroatoms. The molecule has 1 aromatic heterocycles. The topological polar surface area (TPSA) is 42.0 Å². The fourth-order valence-corrected chi connectivity index (χ4v) is 1.42. The molecule has 19 heavy (non-hydrogen) atoms. The molecule has 1 N–H and O–H groups in total. The summed E-state index contributed by atoms with van der Waals surface area (Å²) in [5, 5.41) is 2.06. The standard InChI is InChI=1S/C12H10F4N2O/c1-2-3-8(6-12(14,15)16)18-11(19)9-4-5-17-7-10(9)13/h1,4-5,7-8H,3,6H2,(H,18,19)/t8-/m1/s1. The van der Waals surface area contributed by atoms with Crippen molar-refractivity contribution in [2.45, 2.75) is 25.1 Å². The highest BCUT2D eigenvalue weighted by molar-refractivity contribution is 5.94. The predicted molar refractivity (Wildman–Crippen MR) is 59.6 cm³/mol. The first-order valence-corrected chi connectivity index (χ1v) is 5.24. The first-order valence-electron chi connectivity index (χ1n) is 5.24. The molecule has 102 valence electrons. The summed E-state index contributed by atoms with van der Waals surface area (Å²) in [5.41, 5.74) is -0.376. The molecule has 0 radical (unpaired) electrons. The highest BCUT2D eigenvalue weighted by Crippen LogP contribution is 2.22. The maximum atomic E-state index is 13.2. The van der Waals surface area contributed by atoms with Gasteiger partial charge in [0, 0.05) is 18.7 Å². The largest absolute Gasteiger partial charge is 0.391 e. The first kappa shape index (κ1) is 15.0. The van der Waals surface area contributed by atoms with Crippen LogP contribution in [0.2, 0.25) is 0 Å². The second kappa shape index (κ2) is 6.18. The van der Waals surface area contributed by atoms with Crippen LogP contribution in [0.25, 0.3) is 0 Å². The fraction of sp³-hybridized carbons (Fsp3) is 0.333. The highest BCUT2D eigenvalue weighted by atomic mass is 19.4. The van der Waals surface area contributed by atoms with Crippen LogP contribution in [0, 0.1) is 18.2 Å². The van der Waals surface area contributed by atoms with Crippen LogP contribution < -0.4 is 5.32 Å². The summed E-state index contributed by atoms with van der Waals surface area (Å²) in [6, 6.07) is -0.212. The molecular weight excluding hydrogens is 264 g/mol. The average molecular weight is 274 g/mol. The lowest BCUT2D eigenvalue weighted by Gasteiger charge is -2.18. The zero-order valence-electron chi connectivity index (χ0n) is 9.67. The molecule has 1 amide bonds. The number of amides is 1. The maximum absolute atomic E-state index is 13.2. The molecular formula is C12H10F4N2O. The van der Waals surface area contributed by atoms with Gasteiger partial charge in [0.1, 0.15) is 0 Å². The van der Waals surface area contributed by atoms with E-state index in [4.69, 9.17) is 6.42 Å². The fourth-order valence-electron chi connectivity index (χ4n) is 1.42. The van der Waals surface area contributed by atoms with E-state index in [1.54, 1.807) is 0 Å². The Morgan fingerprint density at radius 2 is 2.21 bits per heavy atom. The van der Waals surface area contributed by atoms with Crippen molar-refractivity contribution < 1.29 is 22.4 Å². The second-order valence-electron chi connectivity index (χ2n) is 3.75. The molecule has 1 rings (SSSR count). The van der Waals surface area contributed by atoms with Crippen molar-refractivity contribution in [2.24, 2.45) is 0 Å². The van der Waals surface area contributed by atoms with Gasteiger partial charge in [-0.3, -0.25) is 9.78 Å². The van der Waals surface area contributed by atoms with Gasteiger partial charge in [0.25, 0.3) is 5.91 Å². The molecule has 0 saturated heterocycles. The van der Waals surface area contributed by atoms with E-state index >= 15 is 0 Å². The lowest BCUT2D eigenvalue weighted by molar-refractivity contribution is -0.139. The van der Waals surface area contributed by atoms with Gasteiger partial charge in [0.2, 0.25) is 0 Å². The SMILES string of the molecule is C#CC[C@H](CC(F)(F)F)NC(=O)c1ccncc1F. The highest BCUT2D eigenvalue weighted by Gasteiger charge is 2.32. The second-order valence-corrected chi connectivity index (χ2v) is 3.75. The molecule has 0 saturated carbocycles. The molecule has 0 spiro atoms. The molecule has 3 nitrogen and oxygen atoms in total. The zero-order valence-corrected chi connectivity index (χ0v) is 9.67. The minimum absolute atomic E-state index is 0.294. The Hall–Kier alpha value is -2.10. The van der Waals surface area contributed by atoms with Gasteiger partial charge in [-0.1, -0.05) is 0 Å². The lowest BCUT2D eigenvalue weighted by Crippen LogP contribution is -2.38. The molecule has 0 bridgehead atoms. The Morgan fingerprint density at radius 1 is 1.53 bits per heavy atom. The first-order chi connectivity index (χ1) is 8.83. The van der Waals surface area contributed by atoms with Crippen LogP contribution in [0.1, 0.15) is 23.2 Å². The smallest absolute Gasteiger partial charge is 0.348 e. The van der Waals surface area contributed by atoms with Crippen molar-refractivity contribution in [1.29, 1.82) is 0 Å². The van der Waals surface area contributed by atoms with Gasteiger partial charge in [-0.15, -0.1) is 12.3 Å². The number of carbonyl (C=O) groups is 1. The van der Waals surface area contributed by atoms with E-state index in [0.29, 0.717) is 0 Å². The lowest BCUT2D eigenvalue weighted by atomic mass is 10.1. The number of nitrogens with zero attached hydrogens (tertiary/aromatic N) is 1. The Labute approximate surface area is 107 Å². The number of carbonyl (C=O) groups excluding carboxylic acids is 1. The summed E-state index contributed by atoms with van der Waals surface area (Å²) in [6.07, 6.45) is 0.876. The number of hydrogen-bond donors (Lipinski definition) is 1. The molecule has 1 aromatic rings. The van der Waals surface area contributed by atoms with Crippen LogP contribution in [0.5, 0.6) is 0 Å². The number of rotatable bonds is 4. The Kier molecular flexibility index (Phi) is 4.87. The van der Waals surface area contributed by atoms with Crippen LogP contribution in [0.15, 0.2) is 18.5 Å². The summed E-state index contributed by atoms with van der Waals surface area (Å²) in [6.45, 7) is 0. The molecule has 0 fully saturated rings. The number of terminal acetylenes is 1. The van der Waals surface area contributed by atoms with Crippen LogP contribution in [-0.4, -0.2) is 23.1 Å². The minimum Gasteiger partial charge on any atom is -0.348 e. The average Bonchev–Trinajstić information content (AvgIpc) is 2.27. The zero-order chi connectivity index (χ0) is 14.5. The van der Waals surface area contributed by atoms with Crippen LogP contribution in [0.4, 0.5) is 17.6 Å². The Balaban J connectivity index is 2.78. The van der Waals surface area contributed by atoms with Gasteiger partial charge in [-0.05, 0) is 6.07 Å². The van der Waals surface area contributed by atoms with Gasteiger partial charge in [0.15, 0.2) is 5.82 Å². The van der Waals surface area contributed by atoms with Gasteiger partial charge >= 0.3 is 6.18 Å². The van der Waals surface area contributed by atoms with Crippen LogP contribution >= 0.6 is 0 Å². The third-order valence-corrected chi connectivity index (χ3v) is 2.19. The number of nitrogens with one attached hydrogen (secondary N) is 1. The number of pyridine rings is 1. The molecule has 0 unspecified atom stereocenters. The van der Waals surface area contributed by atoms with E-state index in [9.17, 15) is 22.4 Å². The van der Waals surface area contributed by atoms with E-state index in [0.717, 1.165) is 18.5 Å².